The van der Waals surface area contributed by atoms with Gasteiger partial charge >= 0.3 is 0 Å². The Kier molecular flexibility index (Phi) is 11.6. The van der Waals surface area contributed by atoms with Crippen LogP contribution in [-0.2, 0) is 20.8 Å². The van der Waals surface area contributed by atoms with E-state index in [9.17, 15) is 24.6 Å². The molecule has 1 aromatic heterocycles. The van der Waals surface area contributed by atoms with Crippen LogP contribution >= 0.6 is 11.8 Å². The van der Waals surface area contributed by atoms with Crippen LogP contribution < -0.4 is 26.0 Å². The Morgan fingerprint density at radius 1 is 1.22 bits per heavy atom. The second-order valence-corrected chi connectivity index (χ2v) is 7.67. The molecule has 0 spiro atoms. The highest BCUT2D eigenvalue weighted by Crippen LogP contribution is 2.23. The largest absolute Gasteiger partial charge is 0.547 e. The minimum absolute atomic E-state index is 0.0773. The molecule has 1 aromatic carbocycles. The molecule has 0 bridgehead atoms. The quantitative estimate of drug-likeness (QED) is 0.228. The number of aromatic nitrogens is 1. The van der Waals surface area contributed by atoms with Crippen LogP contribution in [0.5, 0.6) is 5.75 Å². The van der Waals surface area contributed by atoms with Crippen molar-refractivity contribution in [2.75, 3.05) is 25.7 Å². The number of amides is 1. The number of carbonyl (C=O) groups excluding carboxylic acids is 3. The number of methoxy groups -OCH3 is 1. The molecule has 0 saturated heterocycles. The van der Waals surface area contributed by atoms with Crippen molar-refractivity contribution < 1.29 is 39.5 Å². The zero-order valence-electron chi connectivity index (χ0n) is 17.7. The van der Waals surface area contributed by atoms with Crippen molar-refractivity contribution >= 4 is 40.5 Å². The summed E-state index contributed by atoms with van der Waals surface area (Å²) in [4.78, 5) is 34.4. The van der Waals surface area contributed by atoms with Crippen molar-refractivity contribution in [3.63, 3.8) is 0 Å². The van der Waals surface area contributed by atoms with Gasteiger partial charge in [0.1, 0.15) is 18.0 Å². The number of carbonyl (C=O) groups is 3. The van der Waals surface area contributed by atoms with Crippen LogP contribution in [0.1, 0.15) is 12.0 Å². The lowest BCUT2D eigenvalue weighted by Crippen LogP contribution is -2.51. The number of aromatic amines is 1. The fourth-order valence-electron chi connectivity index (χ4n) is 2.58. The molecule has 0 fully saturated rings. The number of nitrogens with two attached hydrogens (primary N) is 1. The number of benzene rings is 1. The second kappa shape index (κ2) is 13.6. The zero-order valence-corrected chi connectivity index (χ0v) is 18.5. The maximum absolute atomic E-state index is 11.9. The normalized spacial score (nSPS) is 13.4. The second-order valence-electron chi connectivity index (χ2n) is 6.68. The number of aliphatic hydroxyl groups is 2. The van der Waals surface area contributed by atoms with Crippen molar-refractivity contribution in [1.29, 1.82) is 0 Å². The molecule has 2 rings (SSSR count). The molecule has 32 heavy (non-hydrogen) atoms. The highest BCUT2D eigenvalue weighted by Gasteiger charge is 2.17. The van der Waals surface area contributed by atoms with Crippen molar-refractivity contribution in [1.82, 2.24) is 10.3 Å². The third kappa shape index (κ3) is 8.38. The predicted molar refractivity (Wildman–Crippen MR) is 115 cm³/mol. The maximum Gasteiger partial charge on any atom is 0.236 e. The van der Waals surface area contributed by atoms with Gasteiger partial charge in [0.2, 0.25) is 5.91 Å². The molecule has 3 atom stereocenters. The first-order chi connectivity index (χ1) is 15.1. The number of H-pyrrole nitrogens is 1. The van der Waals surface area contributed by atoms with Crippen LogP contribution in [-0.4, -0.2) is 77.0 Å². The van der Waals surface area contributed by atoms with Crippen molar-refractivity contribution in [3.8, 4) is 5.75 Å². The summed E-state index contributed by atoms with van der Waals surface area (Å²) in [5, 5.41) is 39.8. The average Bonchev–Trinajstić information content (AvgIpc) is 3.18. The van der Waals surface area contributed by atoms with Crippen molar-refractivity contribution in [2.45, 2.75) is 31.1 Å². The van der Waals surface area contributed by atoms with Crippen LogP contribution in [0.15, 0.2) is 24.4 Å². The molecule has 0 aliphatic rings. The van der Waals surface area contributed by atoms with Crippen LogP contribution in [0.25, 0.3) is 10.9 Å². The Balaban J connectivity index is 0.000000433. The molecule has 178 valence electrons. The molecule has 1 amide bonds. The molecule has 12 heteroatoms. The first kappa shape index (κ1) is 27.2. The van der Waals surface area contributed by atoms with Gasteiger partial charge in [0, 0.05) is 23.6 Å². The molecule has 0 saturated carbocycles. The summed E-state index contributed by atoms with van der Waals surface area (Å²) in [5.74, 6) is -2.46. The number of rotatable bonds is 11. The van der Waals surface area contributed by atoms with Crippen LogP contribution in [0.2, 0.25) is 0 Å². The van der Waals surface area contributed by atoms with Crippen molar-refractivity contribution in [3.05, 3.63) is 30.0 Å². The van der Waals surface area contributed by atoms with Gasteiger partial charge in [-0.25, -0.2) is 0 Å². The summed E-state index contributed by atoms with van der Waals surface area (Å²) < 4.78 is 5.26. The van der Waals surface area contributed by atoms with E-state index in [2.05, 4.69) is 10.3 Å². The topological polar surface area (TPSA) is 201 Å². The van der Waals surface area contributed by atoms with E-state index >= 15 is 0 Å². The standard InChI is InChI=1S/C16H23N3O2S.C4H6O6/c1-21-12-3-4-15-13(9-12)11(10-19-15)5-7-18-16(20)14(17)6-8-22-2;5-1(3(7)8)2(6)4(9)10/h3-4,9-10,14,19H,5-8,17H2,1-2H3,(H,18,20);1-2,5-6H,(H,7,8)(H,9,10)/p-2. The highest BCUT2D eigenvalue weighted by molar-refractivity contribution is 7.98. The summed E-state index contributed by atoms with van der Waals surface area (Å²) in [6.45, 7) is 0.579. The molecule has 0 radical (unpaired) electrons. The number of nitrogens with one attached hydrogen (secondary N) is 2. The first-order valence-electron chi connectivity index (χ1n) is 9.56. The zero-order chi connectivity index (χ0) is 24.3. The lowest BCUT2D eigenvalue weighted by molar-refractivity contribution is -0.333. The average molecular weight is 470 g/mol. The summed E-state index contributed by atoms with van der Waals surface area (Å²) in [6.07, 6.45) is 0.570. The molecular formula is C20H27N3O8S-2. The van der Waals surface area contributed by atoms with Gasteiger partial charge in [-0.2, -0.15) is 11.8 Å². The summed E-state index contributed by atoms with van der Waals surface area (Å²) in [5.41, 5.74) is 8.07. The number of hydrogen-bond donors (Lipinski definition) is 5. The Labute approximate surface area is 188 Å². The van der Waals surface area contributed by atoms with Gasteiger partial charge in [0.05, 0.1) is 25.1 Å². The third-order valence-electron chi connectivity index (χ3n) is 4.42. The SMILES string of the molecule is COc1ccc2[nH]cc(CCNC(=O)C(N)CCSC)c2c1.O=C([O-])C(O)C(O)C(=O)[O-]. The predicted octanol–water partition coefficient (Wildman–Crippen LogP) is -2.88. The van der Waals surface area contributed by atoms with Gasteiger partial charge in [-0.3, -0.25) is 4.79 Å². The fourth-order valence-corrected chi connectivity index (χ4v) is 3.07. The van der Waals surface area contributed by atoms with Gasteiger partial charge in [0.15, 0.2) is 0 Å². The molecule has 0 aliphatic carbocycles. The van der Waals surface area contributed by atoms with Crippen molar-refractivity contribution in [2.24, 2.45) is 5.73 Å². The van der Waals surface area contributed by atoms with Gasteiger partial charge < -0.3 is 50.8 Å². The van der Waals surface area contributed by atoms with Gasteiger partial charge in [0.25, 0.3) is 0 Å². The number of fused-ring (bicyclic) bond motifs is 1. The van der Waals surface area contributed by atoms with E-state index in [-0.39, 0.29) is 5.91 Å². The number of carboxylic acids is 2. The van der Waals surface area contributed by atoms with Gasteiger partial charge in [-0.1, -0.05) is 0 Å². The molecule has 0 aliphatic heterocycles. The van der Waals surface area contributed by atoms with E-state index in [0.717, 1.165) is 34.4 Å². The van der Waals surface area contributed by atoms with Crippen LogP contribution in [0.4, 0.5) is 0 Å². The minimum Gasteiger partial charge on any atom is -0.547 e. The molecular weight excluding hydrogens is 442 g/mol. The number of thioether (sulfide) groups is 1. The van der Waals surface area contributed by atoms with E-state index in [0.29, 0.717) is 13.0 Å². The Morgan fingerprint density at radius 3 is 2.38 bits per heavy atom. The smallest absolute Gasteiger partial charge is 0.236 e. The lowest BCUT2D eigenvalue weighted by Gasteiger charge is -2.18. The Bertz CT molecular complexity index is 886. The van der Waals surface area contributed by atoms with E-state index < -0.39 is 30.2 Å². The minimum atomic E-state index is -2.44. The molecule has 1 heterocycles. The van der Waals surface area contributed by atoms with Crippen LogP contribution in [0.3, 0.4) is 0 Å². The fraction of sp³-hybridized carbons (Fsp3) is 0.450. The summed E-state index contributed by atoms with van der Waals surface area (Å²) in [6, 6.07) is 5.51. The number of aliphatic carboxylic acids is 2. The van der Waals surface area contributed by atoms with Gasteiger partial charge in [-0.05, 0) is 48.6 Å². The third-order valence-corrected chi connectivity index (χ3v) is 5.06. The van der Waals surface area contributed by atoms with E-state index in [1.165, 1.54) is 0 Å². The number of ether oxygens (including phenoxy) is 1. The number of aliphatic hydroxyl groups excluding tert-OH is 2. The first-order valence-corrected chi connectivity index (χ1v) is 11.0. The van der Waals surface area contributed by atoms with E-state index in [1.807, 2.05) is 30.7 Å². The number of carboxylic acid groups (broad SMARTS) is 2. The summed E-state index contributed by atoms with van der Waals surface area (Å²) in [7, 11) is 1.66. The van der Waals surface area contributed by atoms with Crippen LogP contribution in [0, 0.1) is 0 Å². The molecule has 3 unspecified atom stereocenters. The lowest BCUT2D eigenvalue weighted by atomic mass is 10.1. The Hall–Kier alpha value is -2.80. The van der Waals surface area contributed by atoms with E-state index in [4.69, 9.17) is 20.7 Å². The van der Waals surface area contributed by atoms with Gasteiger partial charge in [-0.15, -0.1) is 0 Å². The van der Waals surface area contributed by atoms with E-state index in [1.54, 1.807) is 18.9 Å². The molecule has 2 aromatic rings. The molecule has 11 nitrogen and oxygen atoms in total. The number of hydrogen-bond acceptors (Lipinski definition) is 10. The highest BCUT2D eigenvalue weighted by atomic mass is 32.2. The Morgan fingerprint density at radius 2 is 1.84 bits per heavy atom. The summed E-state index contributed by atoms with van der Waals surface area (Å²) >= 11 is 1.70. The molecule has 6 N–H and O–H groups in total. The monoisotopic (exact) mass is 469 g/mol. The maximum atomic E-state index is 11.9.